The molecule has 0 saturated carbocycles. The number of halogens is 1. The second kappa shape index (κ2) is 7.88. The number of ether oxygens (including phenoxy) is 1. The van der Waals surface area contributed by atoms with Gasteiger partial charge in [0.1, 0.15) is 11.6 Å². The molecule has 2 aromatic rings. The van der Waals surface area contributed by atoms with E-state index in [-0.39, 0.29) is 6.03 Å². The molecule has 1 heterocycles. The molecule has 132 valence electrons. The van der Waals surface area contributed by atoms with Crippen molar-refractivity contribution in [3.8, 4) is 5.75 Å². The monoisotopic (exact) mass is 343 g/mol. The van der Waals surface area contributed by atoms with Crippen molar-refractivity contribution >= 4 is 17.4 Å². The number of nitrogens with zero attached hydrogens (tertiary/aromatic N) is 1. The molecule has 1 aliphatic rings. The van der Waals surface area contributed by atoms with E-state index in [4.69, 9.17) is 4.74 Å². The molecule has 2 amide bonds. The number of carbonyl (C=O) groups is 1. The van der Waals surface area contributed by atoms with E-state index in [0.29, 0.717) is 23.9 Å². The molecule has 1 saturated heterocycles. The summed E-state index contributed by atoms with van der Waals surface area (Å²) in [4.78, 5) is 14.4. The van der Waals surface area contributed by atoms with Crippen LogP contribution in [0.4, 0.5) is 20.6 Å². The van der Waals surface area contributed by atoms with Crippen molar-refractivity contribution in [1.82, 2.24) is 5.32 Å². The van der Waals surface area contributed by atoms with Crippen molar-refractivity contribution in [1.29, 1.82) is 0 Å². The largest absolute Gasteiger partial charge is 0.494 e. The van der Waals surface area contributed by atoms with E-state index >= 15 is 0 Å². The van der Waals surface area contributed by atoms with E-state index in [1.165, 1.54) is 31.0 Å². The van der Waals surface area contributed by atoms with Gasteiger partial charge in [-0.1, -0.05) is 18.2 Å². The highest BCUT2D eigenvalue weighted by Gasteiger charge is 2.23. The standard InChI is InChI=1S/C19H22FN3O2/c1-25-18-11-15(20)7-8-17(18)22-19(24)21-12-14-9-10-23(13-14)16-5-3-2-4-6-16/h2-8,11,14H,9-10,12-13H2,1H3,(H2,21,22,24). The maximum atomic E-state index is 13.2. The topological polar surface area (TPSA) is 53.6 Å². The zero-order valence-electron chi connectivity index (χ0n) is 14.2. The third-order valence-corrected chi connectivity index (χ3v) is 4.37. The van der Waals surface area contributed by atoms with Gasteiger partial charge in [-0.05, 0) is 36.6 Å². The molecule has 25 heavy (non-hydrogen) atoms. The lowest BCUT2D eigenvalue weighted by Gasteiger charge is -2.19. The van der Waals surface area contributed by atoms with Crippen LogP contribution in [0.15, 0.2) is 48.5 Å². The molecule has 0 bridgehead atoms. The van der Waals surface area contributed by atoms with Crippen LogP contribution in [0.1, 0.15) is 6.42 Å². The highest BCUT2D eigenvalue weighted by molar-refractivity contribution is 5.90. The van der Waals surface area contributed by atoms with Crippen LogP contribution in [-0.2, 0) is 0 Å². The number of para-hydroxylation sites is 1. The third-order valence-electron chi connectivity index (χ3n) is 4.37. The van der Waals surface area contributed by atoms with Gasteiger partial charge in [-0.25, -0.2) is 9.18 Å². The van der Waals surface area contributed by atoms with Crippen molar-refractivity contribution < 1.29 is 13.9 Å². The zero-order valence-corrected chi connectivity index (χ0v) is 14.2. The highest BCUT2D eigenvalue weighted by atomic mass is 19.1. The molecule has 2 N–H and O–H groups in total. The number of amides is 2. The molecule has 0 radical (unpaired) electrons. The number of methoxy groups -OCH3 is 1. The van der Waals surface area contributed by atoms with E-state index in [2.05, 4.69) is 27.7 Å². The first-order chi connectivity index (χ1) is 12.2. The minimum absolute atomic E-state index is 0.297. The molecule has 1 atom stereocenters. The number of hydrogen-bond acceptors (Lipinski definition) is 3. The molecular formula is C19H22FN3O2. The zero-order chi connectivity index (χ0) is 17.6. The summed E-state index contributed by atoms with van der Waals surface area (Å²) in [5, 5.41) is 5.59. The van der Waals surface area contributed by atoms with Gasteiger partial charge in [-0.2, -0.15) is 0 Å². The Hall–Kier alpha value is -2.76. The van der Waals surface area contributed by atoms with Crippen molar-refractivity contribution in [2.45, 2.75) is 6.42 Å². The predicted octanol–water partition coefficient (Wildman–Crippen LogP) is 3.48. The summed E-state index contributed by atoms with van der Waals surface area (Å²) in [6.45, 7) is 2.51. The van der Waals surface area contributed by atoms with Crippen LogP contribution < -0.4 is 20.3 Å². The average Bonchev–Trinajstić information content (AvgIpc) is 3.11. The number of hydrogen-bond donors (Lipinski definition) is 2. The molecule has 1 fully saturated rings. The Labute approximate surface area is 146 Å². The third kappa shape index (κ3) is 4.41. The Morgan fingerprint density at radius 2 is 2.08 bits per heavy atom. The number of carbonyl (C=O) groups excluding carboxylic acids is 1. The number of nitrogens with one attached hydrogen (secondary N) is 2. The van der Waals surface area contributed by atoms with Crippen LogP contribution in [0.3, 0.4) is 0 Å². The highest BCUT2D eigenvalue weighted by Crippen LogP contribution is 2.25. The molecule has 5 nitrogen and oxygen atoms in total. The first-order valence-electron chi connectivity index (χ1n) is 8.34. The quantitative estimate of drug-likeness (QED) is 0.874. The van der Waals surface area contributed by atoms with E-state index in [0.717, 1.165) is 19.5 Å². The van der Waals surface area contributed by atoms with Crippen LogP contribution >= 0.6 is 0 Å². The van der Waals surface area contributed by atoms with E-state index in [1.807, 2.05) is 18.2 Å². The van der Waals surface area contributed by atoms with Gasteiger partial charge in [0.2, 0.25) is 0 Å². The number of urea groups is 1. The van der Waals surface area contributed by atoms with Gasteiger partial charge in [0.25, 0.3) is 0 Å². The number of anilines is 2. The molecule has 2 aromatic carbocycles. The Bertz CT molecular complexity index is 724. The molecule has 1 unspecified atom stereocenters. The maximum Gasteiger partial charge on any atom is 0.319 e. The van der Waals surface area contributed by atoms with Gasteiger partial charge >= 0.3 is 6.03 Å². The van der Waals surface area contributed by atoms with Gasteiger partial charge in [0.15, 0.2) is 0 Å². The minimum atomic E-state index is -0.408. The van der Waals surface area contributed by atoms with Gasteiger partial charge in [-0.3, -0.25) is 0 Å². The Balaban J connectivity index is 1.49. The Morgan fingerprint density at radius 1 is 1.28 bits per heavy atom. The lowest BCUT2D eigenvalue weighted by atomic mass is 10.1. The fraction of sp³-hybridized carbons (Fsp3) is 0.316. The van der Waals surface area contributed by atoms with Gasteiger partial charge in [0.05, 0.1) is 12.8 Å². The summed E-state index contributed by atoms with van der Waals surface area (Å²) in [6, 6.07) is 14.0. The van der Waals surface area contributed by atoms with Crippen molar-refractivity contribution in [3.05, 3.63) is 54.3 Å². The van der Waals surface area contributed by atoms with Gasteiger partial charge in [0, 0.05) is 31.4 Å². The van der Waals surface area contributed by atoms with Crippen molar-refractivity contribution in [3.63, 3.8) is 0 Å². The van der Waals surface area contributed by atoms with Crippen LogP contribution in [0.5, 0.6) is 5.75 Å². The van der Waals surface area contributed by atoms with Crippen LogP contribution in [0.25, 0.3) is 0 Å². The molecule has 0 aromatic heterocycles. The summed E-state index contributed by atoms with van der Waals surface area (Å²) in [5.74, 6) is 0.294. The van der Waals surface area contributed by atoms with E-state index in [9.17, 15) is 9.18 Å². The minimum Gasteiger partial charge on any atom is -0.494 e. The summed E-state index contributed by atoms with van der Waals surface area (Å²) in [5.41, 5.74) is 1.66. The smallest absolute Gasteiger partial charge is 0.319 e. The molecule has 1 aliphatic heterocycles. The average molecular weight is 343 g/mol. The summed E-state index contributed by atoms with van der Waals surface area (Å²) in [6.07, 6.45) is 1.04. The Morgan fingerprint density at radius 3 is 2.84 bits per heavy atom. The molecule has 0 aliphatic carbocycles. The van der Waals surface area contributed by atoms with Gasteiger partial charge < -0.3 is 20.3 Å². The fourth-order valence-corrected chi connectivity index (χ4v) is 3.04. The second-order valence-electron chi connectivity index (χ2n) is 6.12. The lowest BCUT2D eigenvalue weighted by molar-refractivity contribution is 0.250. The van der Waals surface area contributed by atoms with Crippen LogP contribution in [0.2, 0.25) is 0 Å². The second-order valence-corrected chi connectivity index (χ2v) is 6.12. The molecule has 3 rings (SSSR count). The van der Waals surface area contributed by atoms with Crippen molar-refractivity contribution in [2.24, 2.45) is 5.92 Å². The van der Waals surface area contributed by atoms with Crippen LogP contribution in [0, 0.1) is 11.7 Å². The first-order valence-corrected chi connectivity index (χ1v) is 8.34. The molecular weight excluding hydrogens is 321 g/mol. The molecule has 6 heteroatoms. The number of benzene rings is 2. The van der Waals surface area contributed by atoms with E-state index in [1.54, 1.807) is 0 Å². The lowest BCUT2D eigenvalue weighted by Crippen LogP contribution is -2.34. The first kappa shape index (κ1) is 17.1. The normalized spacial score (nSPS) is 16.6. The van der Waals surface area contributed by atoms with E-state index < -0.39 is 5.82 Å². The Kier molecular flexibility index (Phi) is 5.38. The molecule has 0 spiro atoms. The van der Waals surface area contributed by atoms with Crippen molar-refractivity contribution in [2.75, 3.05) is 37.0 Å². The number of rotatable bonds is 5. The summed E-state index contributed by atoms with van der Waals surface area (Å²) in [7, 11) is 1.44. The predicted molar refractivity (Wildman–Crippen MR) is 96.7 cm³/mol. The summed E-state index contributed by atoms with van der Waals surface area (Å²) < 4.78 is 18.3. The fourth-order valence-electron chi connectivity index (χ4n) is 3.04. The SMILES string of the molecule is COc1cc(F)ccc1NC(=O)NCC1CCN(c2ccccc2)C1. The van der Waals surface area contributed by atoms with Crippen LogP contribution in [-0.4, -0.2) is 32.8 Å². The maximum absolute atomic E-state index is 13.2. The summed E-state index contributed by atoms with van der Waals surface area (Å²) >= 11 is 0. The van der Waals surface area contributed by atoms with Gasteiger partial charge in [-0.15, -0.1) is 0 Å².